The van der Waals surface area contributed by atoms with E-state index in [2.05, 4.69) is 19.8 Å². The first-order valence-corrected chi connectivity index (χ1v) is 4.90. The molecule has 5 nitrogen and oxygen atoms in total. The van der Waals surface area contributed by atoms with Gasteiger partial charge in [-0.3, -0.25) is 4.68 Å². The second kappa shape index (κ2) is 3.74. The largest absolute Gasteiger partial charge is 0.452 e. The summed E-state index contributed by atoms with van der Waals surface area (Å²) in [6, 6.07) is 1.62. The van der Waals surface area contributed by atoms with E-state index in [4.69, 9.17) is 0 Å². The summed E-state index contributed by atoms with van der Waals surface area (Å²) in [5.41, 5.74) is 0. The molecule has 0 saturated heterocycles. The summed E-state index contributed by atoms with van der Waals surface area (Å²) in [6.07, 6.45) is -2.85. The number of hydrogen-bond donors (Lipinski definition) is 1. The van der Waals surface area contributed by atoms with Crippen LogP contribution in [-0.2, 0) is 13.2 Å². The predicted octanol–water partition coefficient (Wildman–Crippen LogP) is 2.03. The second-order valence-electron chi connectivity index (χ2n) is 2.92. The van der Waals surface area contributed by atoms with Crippen LogP contribution < -0.4 is 5.32 Å². The van der Waals surface area contributed by atoms with Crippen molar-refractivity contribution >= 4 is 22.5 Å². The van der Waals surface area contributed by atoms with Gasteiger partial charge in [-0.15, -0.1) is 0 Å². The van der Waals surface area contributed by atoms with Crippen molar-refractivity contribution < 1.29 is 13.2 Å². The number of anilines is 2. The Balaban J connectivity index is 2.14. The van der Waals surface area contributed by atoms with Gasteiger partial charge in [-0.05, 0) is 0 Å². The molecule has 0 amide bonds. The van der Waals surface area contributed by atoms with E-state index in [1.807, 2.05) is 0 Å². The molecule has 2 aromatic rings. The molecule has 2 heterocycles. The van der Waals surface area contributed by atoms with Gasteiger partial charge < -0.3 is 5.32 Å². The average molecular weight is 249 g/mol. The van der Waals surface area contributed by atoms with Crippen molar-refractivity contribution in [2.75, 3.05) is 5.32 Å². The molecule has 0 aliphatic carbocycles. The Hall–Kier alpha value is -1.64. The molecule has 16 heavy (non-hydrogen) atoms. The van der Waals surface area contributed by atoms with Gasteiger partial charge in [0, 0.05) is 30.8 Å². The van der Waals surface area contributed by atoms with Gasteiger partial charge in [0.05, 0.1) is 0 Å². The van der Waals surface area contributed by atoms with Gasteiger partial charge in [-0.25, -0.2) is 0 Å². The molecule has 2 rings (SSSR count). The molecule has 2 aromatic heterocycles. The zero-order valence-electron chi connectivity index (χ0n) is 7.99. The quantitative estimate of drug-likeness (QED) is 0.884. The summed E-state index contributed by atoms with van der Waals surface area (Å²) >= 11 is 0.639. The lowest BCUT2D eigenvalue weighted by Gasteiger charge is -1.98. The van der Waals surface area contributed by atoms with E-state index in [1.165, 1.54) is 4.68 Å². The first-order valence-electron chi connectivity index (χ1n) is 4.13. The van der Waals surface area contributed by atoms with Crippen LogP contribution in [0, 0.1) is 0 Å². The minimum Gasteiger partial charge on any atom is -0.313 e. The maximum absolute atomic E-state index is 12.2. The van der Waals surface area contributed by atoms with Crippen molar-refractivity contribution in [1.29, 1.82) is 0 Å². The highest BCUT2D eigenvalue weighted by Crippen LogP contribution is 2.29. The molecule has 0 fully saturated rings. The van der Waals surface area contributed by atoms with Crippen LogP contribution in [0.3, 0.4) is 0 Å². The normalized spacial score (nSPS) is 11.8. The third-order valence-corrected chi connectivity index (χ3v) is 2.26. The van der Waals surface area contributed by atoms with E-state index >= 15 is 0 Å². The summed E-state index contributed by atoms with van der Waals surface area (Å²) in [5.74, 6) is -0.719. The van der Waals surface area contributed by atoms with Gasteiger partial charge in [0.1, 0.15) is 0 Å². The number of nitrogens with one attached hydrogen (secondary N) is 1. The average Bonchev–Trinajstić information content (AvgIpc) is 2.74. The number of halogens is 3. The smallest absolute Gasteiger partial charge is 0.313 e. The van der Waals surface area contributed by atoms with Crippen LogP contribution in [0.5, 0.6) is 0 Å². The minimum atomic E-state index is -4.51. The molecule has 86 valence electrons. The SMILES string of the molecule is Cn1ccc(Nc2nc(C(F)(F)F)ns2)n1. The van der Waals surface area contributed by atoms with E-state index in [0.717, 1.165) is 0 Å². The molecular formula is C7H6F3N5S. The van der Waals surface area contributed by atoms with E-state index in [1.54, 1.807) is 19.3 Å². The van der Waals surface area contributed by atoms with E-state index in [-0.39, 0.29) is 5.13 Å². The fourth-order valence-corrected chi connectivity index (χ4v) is 1.58. The molecule has 0 bridgehead atoms. The lowest BCUT2D eigenvalue weighted by molar-refractivity contribution is -0.144. The van der Waals surface area contributed by atoms with Crippen LogP contribution >= 0.6 is 11.5 Å². The van der Waals surface area contributed by atoms with Crippen molar-refractivity contribution in [3.63, 3.8) is 0 Å². The Kier molecular flexibility index (Phi) is 2.54. The van der Waals surface area contributed by atoms with Crippen LogP contribution in [0.4, 0.5) is 24.1 Å². The number of aryl methyl sites for hydroxylation is 1. The highest BCUT2D eigenvalue weighted by molar-refractivity contribution is 7.09. The highest BCUT2D eigenvalue weighted by Gasteiger charge is 2.36. The van der Waals surface area contributed by atoms with E-state index in [9.17, 15) is 13.2 Å². The summed E-state index contributed by atoms with van der Waals surface area (Å²) in [7, 11) is 1.70. The van der Waals surface area contributed by atoms with Crippen LogP contribution in [-0.4, -0.2) is 19.1 Å². The topological polar surface area (TPSA) is 55.6 Å². The van der Waals surface area contributed by atoms with Gasteiger partial charge in [0.15, 0.2) is 5.82 Å². The molecule has 0 aliphatic rings. The summed E-state index contributed by atoms with van der Waals surface area (Å²) < 4.78 is 41.3. The maximum Gasteiger partial charge on any atom is 0.452 e. The van der Waals surface area contributed by atoms with Crippen LogP contribution in [0.25, 0.3) is 0 Å². The zero-order valence-corrected chi connectivity index (χ0v) is 8.80. The molecule has 9 heteroatoms. The van der Waals surface area contributed by atoms with Gasteiger partial charge in [0.2, 0.25) is 11.0 Å². The molecule has 0 saturated carbocycles. The number of aromatic nitrogens is 4. The predicted molar refractivity (Wildman–Crippen MR) is 51.4 cm³/mol. The molecule has 0 unspecified atom stereocenters. The minimum absolute atomic E-state index is 0.0611. The fourth-order valence-electron chi connectivity index (χ4n) is 0.981. The lowest BCUT2D eigenvalue weighted by Crippen LogP contribution is -2.07. The molecule has 0 aromatic carbocycles. The Morgan fingerprint density at radius 3 is 2.69 bits per heavy atom. The molecular weight excluding hydrogens is 243 g/mol. The standard InChI is InChI=1S/C7H6F3N5S/c1-15-3-2-4(13-15)11-6-12-5(14-16-6)7(8,9)10/h2-3H,1H3,(H,11,12,13,14). The van der Waals surface area contributed by atoms with Gasteiger partial charge in [0.25, 0.3) is 0 Å². The Morgan fingerprint density at radius 2 is 2.19 bits per heavy atom. The summed E-state index contributed by atoms with van der Waals surface area (Å²) in [5, 5.41) is 6.63. The zero-order chi connectivity index (χ0) is 11.8. The second-order valence-corrected chi connectivity index (χ2v) is 3.67. The van der Waals surface area contributed by atoms with Gasteiger partial charge >= 0.3 is 6.18 Å². The first kappa shape index (κ1) is 10.9. The Morgan fingerprint density at radius 1 is 1.44 bits per heavy atom. The van der Waals surface area contributed by atoms with Crippen LogP contribution in [0.2, 0.25) is 0 Å². The third-order valence-electron chi connectivity index (χ3n) is 1.63. The van der Waals surface area contributed by atoms with Crippen LogP contribution in [0.15, 0.2) is 12.3 Å². The Labute approximate surface area is 92.1 Å². The number of hydrogen-bond acceptors (Lipinski definition) is 5. The van der Waals surface area contributed by atoms with Crippen molar-refractivity contribution in [2.45, 2.75) is 6.18 Å². The van der Waals surface area contributed by atoms with E-state index in [0.29, 0.717) is 17.4 Å². The fraction of sp³-hybridized carbons (Fsp3) is 0.286. The van der Waals surface area contributed by atoms with Gasteiger partial charge in [-0.2, -0.15) is 27.6 Å². The van der Waals surface area contributed by atoms with Crippen molar-refractivity contribution in [3.8, 4) is 0 Å². The van der Waals surface area contributed by atoms with Gasteiger partial charge in [-0.1, -0.05) is 0 Å². The van der Waals surface area contributed by atoms with Crippen molar-refractivity contribution in [1.82, 2.24) is 19.1 Å². The monoisotopic (exact) mass is 249 g/mol. The molecule has 0 radical (unpaired) electrons. The Bertz CT molecular complexity index is 488. The number of alkyl halides is 3. The highest BCUT2D eigenvalue weighted by atomic mass is 32.1. The third kappa shape index (κ3) is 2.30. The molecule has 0 aliphatic heterocycles. The van der Waals surface area contributed by atoms with E-state index < -0.39 is 12.0 Å². The number of rotatable bonds is 2. The lowest BCUT2D eigenvalue weighted by atomic mass is 10.6. The van der Waals surface area contributed by atoms with Crippen molar-refractivity contribution in [2.24, 2.45) is 7.05 Å². The summed E-state index contributed by atoms with van der Waals surface area (Å²) in [4.78, 5) is 3.31. The molecule has 0 spiro atoms. The van der Waals surface area contributed by atoms with Crippen LogP contribution in [0.1, 0.15) is 5.82 Å². The molecule has 1 N–H and O–H groups in total. The number of nitrogens with zero attached hydrogens (tertiary/aromatic N) is 4. The molecule has 0 atom stereocenters. The summed E-state index contributed by atoms with van der Waals surface area (Å²) in [6.45, 7) is 0. The van der Waals surface area contributed by atoms with Crippen molar-refractivity contribution in [3.05, 3.63) is 18.1 Å². The maximum atomic E-state index is 12.2. The first-order chi connectivity index (χ1) is 7.45.